The molecular weight excluding hydrogens is 377 g/mol. The van der Waals surface area contributed by atoms with Crippen LogP contribution in [0.25, 0.3) is 10.8 Å². The third-order valence-electron chi connectivity index (χ3n) is 4.95. The Bertz CT molecular complexity index is 961. The first-order valence-electron chi connectivity index (χ1n) is 8.36. The highest BCUT2D eigenvalue weighted by molar-refractivity contribution is 7.47. The van der Waals surface area contributed by atoms with Gasteiger partial charge in [0, 0.05) is 25.8 Å². The molecule has 5 atom stereocenters. The minimum Gasteiger partial charge on any atom is -0.381 e. The van der Waals surface area contributed by atoms with E-state index in [9.17, 15) is 14.3 Å². The lowest BCUT2D eigenvalue weighted by Crippen LogP contribution is -2.45. The molecule has 2 fully saturated rings. The first kappa shape index (κ1) is 18.8. The molecule has 2 aliphatic rings. The number of methoxy groups -OCH3 is 1. The predicted octanol–water partition coefficient (Wildman–Crippen LogP) is 1.45. The molecular formula is C17H20NO8P. The lowest BCUT2D eigenvalue weighted by atomic mass is 10.0. The molecule has 9 nitrogen and oxygen atoms in total. The number of benzene rings is 1. The van der Waals surface area contributed by atoms with Gasteiger partial charge in [0.15, 0.2) is 6.23 Å². The van der Waals surface area contributed by atoms with Gasteiger partial charge in [-0.3, -0.25) is 18.4 Å². The van der Waals surface area contributed by atoms with E-state index >= 15 is 0 Å². The van der Waals surface area contributed by atoms with E-state index in [0.717, 1.165) is 12.5 Å². The lowest BCUT2D eigenvalue weighted by Gasteiger charge is -2.31. The number of hydrogen-bond acceptors (Lipinski definition) is 7. The summed E-state index contributed by atoms with van der Waals surface area (Å²) in [5, 5.41) is 1.34. The van der Waals surface area contributed by atoms with E-state index in [-0.39, 0.29) is 18.8 Å². The van der Waals surface area contributed by atoms with Gasteiger partial charge in [0.05, 0.1) is 13.2 Å². The summed E-state index contributed by atoms with van der Waals surface area (Å²) in [6, 6.07) is 9.01. The van der Waals surface area contributed by atoms with Crippen LogP contribution in [0.5, 0.6) is 0 Å². The Morgan fingerprint density at radius 2 is 2.11 bits per heavy atom. The molecule has 10 heteroatoms. The smallest absolute Gasteiger partial charge is 0.381 e. The number of fused-ring (bicyclic) bond motifs is 3. The number of pyridine rings is 1. The van der Waals surface area contributed by atoms with E-state index in [1.54, 1.807) is 24.4 Å². The number of nitrogens with zero attached hydrogens (tertiary/aromatic N) is 1. The molecule has 2 aromatic rings. The number of aromatic nitrogens is 1. The van der Waals surface area contributed by atoms with Crippen LogP contribution in [0.4, 0.5) is 0 Å². The highest BCUT2D eigenvalue weighted by atomic mass is 31.2. The molecule has 0 amide bonds. The number of ether oxygens (including phenoxy) is 3. The minimum atomic E-state index is -4.30. The Balaban J connectivity index is 1.75. The van der Waals surface area contributed by atoms with Crippen molar-refractivity contribution >= 4 is 18.6 Å². The van der Waals surface area contributed by atoms with Crippen molar-refractivity contribution in [2.45, 2.75) is 24.0 Å². The van der Waals surface area contributed by atoms with Gasteiger partial charge in [-0.15, -0.1) is 0 Å². The predicted molar refractivity (Wildman–Crippen MR) is 94.4 cm³/mol. The quantitative estimate of drug-likeness (QED) is 0.731. The van der Waals surface area contributed by atoms with Gasteiger partial charge in [0.2, 0.25) is 0 Å². The SMILES string of the molecule is COC[C@]12CO[C@H](C1OP(=O)(O)OC)[C@H](n1ccc3ccccc3c1=O)O2. The van der Waals surface area contributed by atoms with Crippen LogP contribution in [0.3, 0.4) is 0 Å². The second kappa shape index (κ2) is 6.79. The number of phosphoric ester groups is 1. The largest absolute Gasteiger partial charge is 0.472 e. The zero-order valence-electron chi connectivity index (χ0n) is 14.8. The Kier molecular flexibility index (Phi) is 4.72. The van der Waals surface area contributed by atoms with Crippen LogP contribution in [0, 0.1) is 0 Å². The van der Waals surface area contributed by atoms with Crippen molar-refractivity contribution < 1.29 is 32.7 Å². The van der Waals surface area contributed by atoms with Crippen molar-refractivity contribution in [3.8, 4) is 0 Å². The fourth-order valence-corrected chi connectivity index (χ4v) is 4.40. The van der Waals surface area contributed by atoms with Crippen molar-refractivity contribution in [3.05, 3.63) is 46.9 Å². The molecule has 0 spiro atoms. The lowest BCUT2D eigenvalue weighted by molar-refractivity contribution is -0.190. The zero-order chi connectivity index (χ0) is 19.2. The van der Waals surface area contributed by atoms with Gasteiger partial charge in [-0.05, 0) is 17.5 Å². The van der Waals surface area contributed by atoms with Gasteiger partial charge < -0.3 is 19.1 Å². The summed E-state index contributed by atoms with van der Waals surface area (Å²) in [5.41, 5.74) is -1.37. The summed E-state index contributed by atoms with van der Waals surface area (Å²) >= 11 is 0. The molecule has 3 heterocycles. The maximum atomic E-state index is 12.9. The normalized spacial score (nSPS) is 32.0. The van der Waals surface area contributed by atoms with Crippen LogP contribution in [0.2, 0.25) is 0 Å². The summed E-state index contributed by atoms with van der Waals surface area (Å²) in [6.45, 7) is 0.176. The molecule has 2 aliphatic heterocycles. The fraction of sp³-hybridized carbons (Fsp3) is 0.471. The third-order valence-corrected chi connectivity index (χ3v) is 5.91. The highest BCUT2D eigenvalue weighted by Gasteiger charge is 2.64. The Morgan fingerprint density at radius 3 is 2.85 bits per heavy atom. The van der Waals surface area contributed by atoms with Gasteiger partial charge in [0.1, 0.15) is 17.8 Å². The standard InChI is InChI=1S/C17H20NO8P/c1-22-9-17-10-24-13(14(17)26-27(20,21)23-2)16(25-17)18-8-7-11-5-3-4-6-12(11)15(18)19/h3-8,13-14,16H,9-10H2,1-2H3,(H,20,21)/t13-,14?,16-,17+/m1/s1. The first-order chi connectivity index (χ1) is 12.9. The van der Waals surface area contributed by atoms with Crippen LogP contribution in [0.15, 0.2) is 41.3 Å². The zero-order valence-corrected chi connectivity index (χ0v) is 15.7. The second-order valence-corrected chi connectivity index (χ2v) is 8.09. The topological polar surface area (TPSA) is 105 Å². The van der Waals surface area contributed by atoms with Crippen molar-refractivity contribution in [1.29, 1.82) is 0 Å². The first-order valence-corrected chi connectivity index (χ1v) is 9.85. The summed E-state index contributed by atoms with van der Waals surface area (Å²) in [4.78, 5) is 22.7. The van der Waals surface area contributed by atoms with Crippen molar-refractivity contribution in [2.75, 3.05) is 27.4 Å². The summed E-state index contributed by atoms with van der Waals surface area (Å²) in [7, 11) is -1.74. The summed E-state index contributed by atoms with van der Waals surface area (Å²) < 4.78 is 40.3. The van der Waals surface area contributed by atoms with E-state index in [4.69, 9.17) is 18.7 Å². The third kappa shape index (κ3) is 3.05. The molecule has 4 rings (SSSR count). The average molecular weight is 397 g/mol. The van der Waals surface area contributed by atoms with Crippen molar-refractivity contribution in [1.82, 2.24) is 4.57 Å². The van der Waals surface area contributed by atoms with E-state index in [1.807, 2.05) is 12.1 Å². The van der Waals surface area contributed by atoms with Crippen LogP contribution >= 0.6 is 7.82 Å². The highest BCUT2D eigenvalue weighted by Crippen LogP contribution is 2.54. The number of phosphoric acid groups is 1. The van der Waals surface area contributed by atoms with E-state index in [0.29, 0.717) is 5.39 Å². The maximum absolute atomic E-state index is 12.9. The molecule has 2 unspecified atom stereocenters. The number of hydrogen-bond donors (Lipinski definition) is 1. The van der Waals surface area contributed by atoms with Crippen LogP contribution < -0.4 is 5.56 Å². The second-order valence-electron chi connectivity index (χ2n) is 6.57. The minimum absolute atomic E-state index is 0.0662. The van der Waals surface area contributed by atoms with Crippen molar-refractivity contribution in [3.63, 3.8) is 0 Å². The monoisotopic (exact) mass is 397 g/mol. The number of rotatable bonds is 6. The molecule has 0 aliphatic carbocycles. The van der Waals surface area contributed by atoms with Gasteiger partial charge >= 0.3 is 7.82 Å². The maximum Gasteiger partial charge on any atom is 0.472 e. The summed E-state index contributed by atoms with van der Waals surface area (Å²) in [5.74, 6) is 0. The summed E-state index contributed by atoms with van der Waals surface area (Å²) in [6.07, 6.45) is -0.912. The van der Waals surface area contributed by atoms with E-state index in [1.165, 1.54) is 11.7 Å². The molecule has 146 valence electrons. The Morgan fingerprint density at radius 1 is 1.33 bits per heavy atom. The molecule has 0 saturated carbocycles. The van der Waals surface area contributed by atoms with Gasteiger partial charge in [-0.1, -0.05) is 18.2 Å². The van der Waals surface area contributed by atoms with Gasteiger partial charge in [0.25, 0.3) is 5.56 Å². The van der Waals surface area contributed by atoms with Gasteiger partial charge in [-0.2, -0.15) is 0 Å². The van der Waals surface area contributed by atoms with Crippen LogP contribution in [0.1, 0.15) is 6.23 Å². The molecule has 2 saturated heterocycles. The van der Waals surface area contributed by atoms with Crippen LogP contribution in [-0.4, -0.2) is 54.7 Å². The average Bonchev–Trinajstić information content (AvgIpc) is 3.13. The Hall–Kier alpha value is -1.58. The molecule has 1 aromatic carbocycles. The van der Waals surface area contributed by atoms with Crippen molar-refractivity contribution in [2.24, 2.45) is 0 Å². The van der Waals surface area contributed by atoms with Crippen LogP contribution in [-0.2, 0) is 27.8 Å². The van der Waals surface area contributed by atoms with E-state index < -0.39 is 31.9 Å². The molecule has 1 aromatic heterocycles. The fourth-order valence-electron chi connectivity index (χ4n) is 3.71. The molecule has 27 heavy (non-hydrogen) atoms. The van der Waals surface area contributed by atoms with E-state index in [2.05, 4.69) is 4.52 Å². The molecule has 2 bridgehead atoms. The van der Waals surface area contributed by atoms with Gasteiger partial charge in [-0.25, -0.2) is 4.57 Å². The Labute approximate surface area is 155 Å². The molecule has 1 N–H and O–H groups in total. The molecule has 0 radical (unpaired) electrons.